The Balaban J connectivity index is 1.52. The minimum absolute atomic E-state index is 0.431. The van der Waals surface area contributed by atoms with E-state index in [1.165, 1.54) is 45.3 Å². The minimum atomic E-state index is 0.431. The molecule has 0 aromatic heterocycles. The van der Waals surface area contributed by atoms with E-state index < -0.39 is 0 Å². The van der Waals surface area contributed by atoms with Crippen LogP contribution in [0.15, 0.2) is 0 Å². The highest BCUT2D eigenvalue weighted by Crippen LogP contribution is 2.28. The van der Waals surface area contributed by atoms with Gasteiger partial charge in [-0.15, -0.1) is 0 Å². The summed E-state index contributed by atoms with van der Waals surface area (Å²) < 4.78 is 6.01. The molecule has 3 saturated heterocycles. The highest BCUT2D eigenvalue weighted by molar-refractivity contribution is 4.89. The van der Waals surface area contributed by atoms with Crippen molar-refractivity contribution in [2.24, 2.45) is 5.92 Å². The lowest BCUT2D eigenvalue weighted by molar-refractivity contribution is -0.0464. The molecule has 3 fully saturated rings. The summed E-state index contributed by atoms with van der Waals surface area (Å²) >= 11 is 0. The molecule has 0 spiro atoms. The van der Waals surface area contributed by atoms with Gasteiger partial charge in [0.05, 0.1) is 12.7 Å². The topological polar surface area (TPSA) is 27.7 Å². The fraction of sp³-hybridized carbons (Fsp3) is 1.00. The maximum atomic E-state index is 6.01. The first-order valence-corrected chi connectivity index (χ1v) is 8.65. The molecule has 0 radical (unpaired) electrons. The largest absolute Gasteiger partial charge is 0.374 e. The summed E-state index contributed by atoms with van der Waals surface area (Å²) in [7, 11) is 0. The SMILES string of the molecule is CCN1CCOC(CN2CCCC2C2CCCNC2)C1. The Kier molecular flexibility index (Phi) is 5.32. The van der Waals surface area contributed by atoms with Gasteiger partial charge < -0.3 is 10.1 Å². The standard InChI is InChI=1S/C16H31N3O/c1-2-18-9-10-20-15(12-18)13-19-8-4-6-16(19)14-5-3-7-17-11-14/h14-17H,2-13H2,1H3. The van der Waals surface area contributed by atoms with Gasteiger partial charge in [-0.05, 0) is 57.8 Å². The molecule has 0 aromatic carbocycles. The predicted octanol–water partition coefficient (Wildman–Crippen LogP) is 1.17. The maximum absolute atomic E-state index is 6.01. The summed E-state index contributed by atoms with van der Waals surface area (Å²) in [4.78, 5) is 5.27. The second-order valence-electron chi connectivity index (χ2n) is 6.70. The number of ether oxygens (including phenoxy) is 1. The van der Waals surface area contributed by atoms with Crippen LogP contribution in [0.4, 0.5) is 0 Å². The number of nitrogens with zero attached hydrogens (tertiary/aromatic N) is 2. The molecule has 3 rings (SSSR count). The summed E-state index contributed by atoms with van der Waals surface area (Å²) in [6.07, 6.45) is 5.99. The van der Waals surface area contributed by atoms with Crippen LogP contribution in [-0.2, 0) is 4.74 Å². The zero-order valence-corrected chi connectivity index (χ0v) is 13.0. The molecular formula is C16H31N3O. The van der Waals surface area contributed by atoms with Crippen LogP contribution >= 0.6 is 0 Å². The molecule has 3 heterocycles. The summed E-state index contributed by atoms with van der Waals surface area (Å²) in [5.74, 6) is 0.872. The lowest BCUT2D eigenvalue weighted by Gasteiger charge is -2.38. The van der Waals surface area contributed by atoms with Crippen LogP contribution in [0.3, 0.4) is 0 Å². The van der Waals surface area contributed by atoms with Gasteiger partial charge in [0.25, 0.3) is 0 Å². The first kappa shape index (κ1) is 14.8. The number of likely N-dealkylation sites (N-methyl/N-ethyl adjacent to an activating group) is 1. The van der Waals surface area contributed by atoms with Gasteiger partial charge in [0.1, 0.15) is 0 Å². The third-order valence-electron chi connectivity index (χ3n) is 5.40. The third kappa shape index (κ3) is 3.53. The highest BCUT2D eigenvalue weighted by Gasteiger charge is 2.34. The van der Waals surface area contributed by atoms with E-state index in [9.17, 15) is 0 Å². The average Bonchev–Trinajstić information content (AvgIpc) is 2.96. The number of piperidine rings is 1. The Morgan fingerprint density at radius 2 is 2.15 bits per heavy atom. The third-order valence-corrected chi connectivity index (χ3v) is 5.40. The Morgan fingerprint density at radius 3 is 2.95 bits per heavy atom. The molecule has 0 bridgehead atoms. The molecular weight excluding hydrogens is 250 g/mol. The van der Waals surface area contributed by atoms with Crippen molar-refractivity contribution in [3.05, 3.63) is 0 Å². The quantitative estimate of drug-likeness (QED) is 0.837. The van der Waals surface area contributed by atoms with Crippen molar-refractivity contribution in [2.75, 3.05) is 52.4 Å². The summed E-state index contributed by atoms with van der Waals surface area (Å²) in [6, 6.07) is 0.809. The van der Waals surface area contributed by atoms with E-state index in [0.29, 0.717) is 6.10 Å². The molecule has 0 amide bonds. The number of nitrogens with one attached hydrogen (secondary N) is 1. The molecule has 3 unspecified atom stereocenters. The van der Waals surface area contributed by atoms with Gasteiger partial charge in [-0.3, -0.25) is 9.80 Å². The maximum Gasteiger partial charge on any atom is 0.0829 e. The molecule has 0 aromatic rings. The van der Waals surface area contributed by atoms with Gasteiger partial charge in [0.2, 0.25) is 0 Å². The lowest BCUT2D eigenvalue weighted by Crippen LogP contribution is -2.50. The van der Waals surface area contributed by atoms with Crippen molar-refractivity contribution in [3.8, 4) is 0 Å². The molecule has 20 heavy (non-hydrogen) atoms. The van der Waals surface area contributed by atoms with E-state index >= 15 is 0 Å². The fourth-order valence-electron chi connectivity index (χ4n) is 4.26. The Morgan fingerprint density at radius 1 is 1.20 bits per heavy atom. The van der Waals surface area contributed by atoms with Crippen molar-refractivity contribution < 1.29 is 4.74 Å². The molecule has 3 aliphatic heterocycles. The van der Waals surface area contributed by atoms with Crippen molar-refractivity contribution in [2.45, 2.75) is 44.8 Å². The lowest BCUT2D eigenvalue weighted by atomic mass is 9.90. The van der Waals surface area contributed by atoms with Crippen LogP contribution in [0.1, 0.15) is 32.6 Å². The molecule has 4 nitrogen and oxygen atoms in total. The number of rotatable bonds is 4. The molecule has 3 aliphatic rings. The Labute approximate surface area is 123 Å². The van der Waals surface area contributed by atoms with Crippen LogP contribution < -0.4 is 5.32 Å². The molecule has 116 valence electrons. The minimum Gasteiger partial charge on any atom is -0.374 e. The van der Waals surface area contributed by atoms with Crippen molar-refractivity contribution >= 4 is 0 Å². The van der Waals surface area contributed by atoms with Gasteiger partial charge >= 0.3 is 0 Å². The van der Waals surface area contributed by atoms with Crippen LogP contribution in [0, 0.1) is 5.92 Å². The molecule has 1 N–H and O–H groups in total. The van der Waals surface area contributed by atoms with E-state index in [-0.39, 0.29) is 0 Å². The van der Waals surface area contributed by atoms with E-state index in [1.807, 2.05) is 0 Å². The molecule has 3 atom stereocenters. The normalized spacial score (nSPS) is 37.4. The zero-order chi connectivity index (χ0) is 13.8. The number of hydrogen-bond donors (Lipinski definition) is 1. The smallest absolute Gasteiger partial charge is 0.0829 e. The molecule has 0 aliphatic carbocycles. The van der Waals surface area contributed by atoms with Crippen molar-refractivity contribution in [3.63, 3.8) is 0 Å². The van der Waals surface area contributed by atoms with Crippen molar-refractivity contribution in [1.82, 2.24) is 15.1 Å². The van der Waals surface area contributed by atoms with Gasteiger partial charge in [-0.1, -0.05) is 6.92 Å². The number of likely N-dealkylation sites (tertiary alicyclic amines) is 1. The average molecular weight is 281 g/mol. The molecule has 0 saturated carbocycles. The van der Waals surface area contributed by atoms with Gasteiger partial charge in [-0.25, -0.2) is 0 Å². The Bertz CT molecular complexity index is 293. The van der Waals surface area contributed by atoms with E-state index in [0.717, 1.165) is 44.7 Å². The zero-order valence-electron chi connectivity index (χ0n) is 13.0. The second kappa shape index (κ2) is 7.21. The summed E-state index contributed by atoms with van der Waals surface area (Å²) in [5.41, 5.74) is 0. The first-order chi connectivity index (χ1) is 9.86. The summed E-state index contributed by atoms with van der Waals surface area (Å²) in [6.45, 7) is 11.5. The monoisotopic (exact) mass is 281 g/mol. The highest BCUT2D eigenvalue weighted by atomic mass is 16.5. The molecule has 4 heteroatoms. The van der Waals surface area contributed by atoms with Crippen LogP contribution in [0.25, 0.3) is 0 Å². The van der Waals surface area contributed by atoms with E-state index in [1.54, 1.807) is 0 Å². The van der Waals surface area contributed by atoms with E-state index in [4.69, 9.17) is 4.74 Å². The first-order valence-electron chi connectivity index (χ1n) is 8.65. The Hall–Kier alpha value is -0.160. The van der Waals surface area contributed by atoms with Crippen LogP contribution in [0.2, 0.25) is 0 Å². The van der Waals surface area contributed by atoms with E-state index in [2.05, 4.69) is 22.0 Å². The van der Waals surface area contributed by atoms with Gasteiger partial charge in [0.15, 0.2) is 0 Å². The predicted molar refractivity (Wildman–Crippen MR) is 82.0 cm³/mol. The number of hydrogen-bond acceptors (Lipinski definition) is 4. The van der Waals surface area contributed by atoms with Crippen molar-refractivity contribution in [1.29, 1.82) is 0 Å². The second-order valence-corrected chi connectivity index (χ2v) is 6.70. The summed E-state index contributed by atoms with van der Waals surface area (Å²) in [5, 5.41) is 3.59. The van der Waals surface area contributed by atoms with Crippen LogP contribution in [0.5, 0.6) is 0 Å². The number of morpholine rings is 1. The van der Waals surface area contributed by atoms with Gasteiger partial charge in [-0.2, -0.15) is 0 Å². The fourth-order valence-corrected chi connectivity index (χ4v) is 4.26. The van der Waals surface area contributed by atoms with Crippen LogP contribution in [-0.4, -0.2) is 74.4 Å². The van der Waals surface area contributed by atoms with Gasteiger partial charge in [0, 0.05) is 25.7 Å².